The van der Waals surface area contributed by atoms with Gasteiger partial charge in [0, 0.05) is 24.0 Å². The van der Waals surface area contributed by atoms with Gasteiger partial charge in [0.15, 0.2) is 0 Å². The van der Waals surface area contributed by atoms with Gasteiger partial charge in [-0.05, 0) is 6.92 Å². The zero-order chi connectivity index (χ0) is 11.4. The van der Waals surface area contributed by atoms with Crippen molar-refractivity contribution in [1.29, 1.82) is 5.26 Å². The summed E-state index contributed by atoms with van der Waals surface area (Å²) in [5, 5.41) is 8.71. The van der Waals surface area contributed by atoms with E-state index < -0.39 is 0 Å². The zero-order valence-electron chi connectivity index (χ0n) is 9.17. The average molecular weight is 211 g/mol. The predicted octanol–water partition coefficient (Wildman–Crippen LogP) is 3.02. The van der Waals surface area contributed by atoms with Crippen LogP contribution in [-0.2, 0) is 0 Å². The maximum absolute atomic E-state index is 8.71. The summed E-state index contributed by atoms with van der Waals surface area (Å²) in [6, 6.07) is 12.4. The molecule has 0 N–H and O–H groups in total. The molecule has 1 atom stereocenters. The maximum Gasteiger partial charge on any atom is 0.140 e. The van der Waals surface area contributed by atoms with Crippen molar-refractivity contribution < 1.29 is 0 Å². The molecule has 3 heteroatoms. The molecule has 0 bridgehead atoms. The second-order valence-electron chi connectivity index (χ2n) is 3.74. The normalized spacial score (nSPS) is 12.0. The van der Waals surface area contributed by atoms with E-state index in [1.165, 1.54) is 0 Å². The fourth-order valence-corrected chi connectivity index (χ4v) is 1.71. The lowest BCUT2D eigenvalue weighted by Gasteiger charge is -2.13. The molecule has 0 radical (unpaired) electrons. The molecular weight excluding hydrogens is 198 g/mol. The van der Waals surface area contributed by atoms with E-state index >= 15 is 0 Å². The number of aromatic nitrogens is 2. The first-order chi connectivity index (χ1) is 7.83. The van der Waals surface area contributed by atoms with Crippen molar-refractivity contribution in [3.8, 4) is 17.5 Å². The highest BCUT2D eigenvalue weighted by Gasteiger charge is 2.10. The highest BCUT2D eigenvalue weighted by molar-refractivity contribution is 5.55. The summed E-state index contributed by atoms with van der Waals surface area (Å²) in [5.41, 5.74) is 1.08. The van der Waals surface area contributed by atoms with Crippen LogP contribution in [0.5, 0.6) is 0 Å². The lowest BCUT2D eigenvalue weighted by Crippen LogP contribution is -2.05. The Hall–Kier alpha value is -2.08. The molecule has 2 rings (SSSR count). The van der Waals surface area contributed by atoms with Gasteiger partial charge in [0.25, 0.3) is 0 Å². The minimum Gasteiger partial charge on any atom is -0.327 e. The van der Waals surface area contributed by atoms with Gasteiger partial charge in [0.1, 0.15) is 5.82 Å². The van der Waals surface area contributed by atoms with Gasteiger partial charge >= 0.3 is 0 Å². The van der Waals surface area contributed by atoms with E-state index in [9.17, 15) is 0 Å². The van der Waals surface area contributed by atoms with Crippen molar-refractivity contribution in [1.82, 2.24) is 9.55 Å². The molecule has 3 nitrogen and oxygen atoms in total. The second-order valence-corrected chi connectivity index (χ2v) is 3.74. The fraction of sp³-hybridized carbons (Fsp3) is 0.231. The Kier molecular flexibility index (Phi) is 3.02. The van der Waals surface area contributed by atoms with E-state index in [1.54, 1.807) is 6.20 Å². The smallest absolute Gasteiger partial charge is 0.140 e. The molecule has 1 aromatic carbocycles. The highest BCUT2D eigenvalue weighted by atomic mass is 15.1. The van der Waals surface area contributed by atoms with Gasteiger partial charge in [0.05, 0.1) is 12.5 Å². The quantitative estimate of drug-likeness (QED) is 0.783. The van der Waals surface area contributed by atoms with Gasteiger partial charge in [-0.2, -0.15) is 5.26 Å². The zero-order valence-corrected chi connectivity index (χ0v) is 9.17. The Morgan fingerprint density at radius 3 is 2.81 bits per heavy atom. The van der Waals surface area contributed by atoms with Gasteiger partial charge in [-0.15, -0.1) is 0 Å². The second kappa shape index (κ2) is 4.63. The molecule has 0 fully saturated rings. The molecule has 0 aliphatic carbocycles. The molecule has 80 valence electrons. The molecule has 1 heterocycles. The SMILES string of the molecule is CC(CC#N)n1ccnc1-c1ccccc1. The number of hydrogen-bond acceptors (Lipinski definition) is 2. The van der Waals surface area contributed by atoms with E-state index in [0.29, 0.717) is 6.42 Å². The molecule has 0 saturated heterocycles. The van der Waals surface area contributed by atoms with E-state index in [0.717, 1.165) is 11.4 Å². The Balaban J connectivity index is 2.37. The van der Waals surface area contributed by atoms with E-state index in [1.807, 2.05) is 48.0 Å². The minimum atomic E-state index is 0.155. The van der Waals surface area contributed by atoms with Gasteiger partial charge in [0.2, 0.25) is 0 Å². The van der Waals surface area contributed by atoms with E-state index in [-0.39, 0.29) is 6.04 Å². The number of rotatable bonds is 3. The Morgan fingerprint density at radius 1 is 1.38 bits per heavy atom. The van der Waals surface area contributed by atoms with Crippen LogP contribution < -0.4 is 0 Å². The van der Waals surface area contributed by atoms with Crippen LogP contribution in [-0.4, -0.2) is 9.55 Å². The summed E-state index contributed by atoms with van der Waals surface area (Å²) in [7, 11) is 0. The summed E-state index contributed by atoms with van der Waals surface area (Å²) >= 11 is 0. The number of nitriles is 1. The molecule has 0 amide bonds. The lowest BCUT2D eigenvalue weighted by atomic mass is 10.2. The Morgan fingerprint density at radius 2 is 2.12 bits per heavy atom. The monoisotopic (exact) mass is 211 g/mol. The van der Waals surface area contributed by atoms with Crippen molar-refractivity contribution in [2.75, 3.05) is 0 Å². The standard InChI is InChI=1S/C13H13N3/c1-11(7-8-14)16-10-9-15-13(16)12-5-3-2-4-6-12/h2-6,9-11H,7H2,1H3. The van der Waals surface area contributed by atoms with Crippen molar-refractivity contribution in [3.05, 3.63) is 42.7 Å². The van der Waals surface area contributed by atoms with Crippen LogP contribution in [0.4, 0.5) is 0 Å². The third-order valence-corrected chi connectivity index (χ3v) is 2.56. The first kappa shape index (κ1) is 10.4. The third-order valence-electron chi connectivity index (χ3n) is 2.56. The van der Waals surface area contributed by atoms with Crippen LogP contribution in [0.3, 0.4) is 0 Å². The number of hydrogen-bond donors (Lipinski definition) is 0. The lowest BCUT2D eigenvalue weighted by molar-refractivity contribution is 0.565. The Bertz CT molecular complexity index is 493. The summed E-state index contributed by atoms with van der Waals surface area (Å²) < 4.78 is 2.04. The maximum atomic E-state index is 8.71. The van der Waals surface area contributed by atoms with Crippen molar-refractivity contribution >= 4 is 0 Å². The predicted molar refractivity (Wildman–Crippen MR) is 62.6 cm³/mol. The van der Waals surface area contributed by atoms with Gasteiger partial charge in [-0.1, -0.05) is 30.3 Å². The highest BCUT2D eigenvalue weighted by Crippen LogP contribution is 2.21. The van der Waals surface area contributed by atoms with Gasteiger partial charge in [-0.25, -0.2) is 4.98 Å². The number of imidazole rings is 1. The first-order valence-electron chi connectivity index (χ1n) is 5.28. The van der Waals surface area contributed by atoms with Crippen LogP contribution >= 0.6 is 0 Å². The van der Waals surface area contributed by atoms with Crippen LogP contribution in [0.25, 0.3) is 11.4 Å². The molecule has 16 heavy (non-hydrogen) atoms. The topological polar surface area (TPSA) is 41.6 Å². The summed E-state index contributed by atoms with van der Waals surface area (Å²) in [6.45, 7) is 2.03. The molecule has 0 spiro atoms. The van der Waals surface area contributed by atoms with Gasteiger partial charge < -0.3 is 4.57 Å². The van der Waals surface area contributed by atoms with Gasteiger partial charge in [-0.3, -0.25) is 0 Å². The number of nitrogens with zero attached hydrogens (tertiary/aromatic N) is 3. The Labute approximate surface area is 95.0 Å². The molecule has 1 unspecified atom stereocenters. The van der Waals surface area contributed by atoms with E-state index in [4.69, 9.17) is 5.26 Å². The third kappa shape index (κ3) is 1.96. The van der Waals surface area contributed by atoms with Crippen LogP contribution in [0.15, 0.2) is 42.7 Å². The molecule has 1 aromatic heterocycles. The van der Waals surface area contributed by atoms with Crippen molar-refractivity contribution in [2.24, 2.45) is 0 Å². The molecule has 0 saturated carbocycles. The molecular formula is C13H13N3. The summed E-state index contributed by atoms with van der Waals surface area (Å²) in [4.78, 5) is 4.34. The average Bonchev–Trinajstić information content (AvgIpc) is 2.79. The van der Waals surface area contributed by atoms with Crippen molar-refractivity contribution in [2.45, 2.75) is 19.4 Å². The largest absolute Gasteiger partial charge is 0.327 e. The molecule has 0 aliphatic rings. The molecule has 2 aromatic rings. The van der Waals surface area contributed by atoms with Crippen molar-refractivity contribution in [3.63, 3.8) is 0 Å². The first-order valence-corrected chi connectivity index (χ1v) is 5.28. The van der Waals surface area contributed by atoms with Crippen LogP contribution in [0, 0.1) is 11.3 Å². The fourth-order valence-electron chi connectivity index (χ4n) is 1.71. The van der Waals surface area contributed by atoms with Crippen LogP contribution in [0.2, 0.25) is 0 Å². The minimum absolute atomic E-state index is 0.155. The van der Waals surface area contributed by atoms with Crippen LogP contribution in [0.1, 0.15) is 19.4 Å². The number of benzene rings is 1. The molecule has 0 aliphatic heterocycles. The summed E-state index contributed by atoms with van der Waals surface area (Å²) in [6.07, 6.45) is 4.19. The van der Waals surface area contributed by atoms with E-state index in [2.05, 4.69) is 11.1 Å². The summed E-state index contributed by atoms with van der Waals surface area (Å²) in [5.74, 6) is 0.920.